The number of cyclic esters (lactones) is 1. The number of carbonyl (C=O) groups excluding carboxylic acids is 1. The van der Waals surface area contributed by atoms with Gasteiger partial charge in [0.2, 0.25) is 5.90 Å². The average molecular weight is 434 g/mol. The Balaban J connectivity index is 1.56. The first-order valence-corrected chi connectivity index (χ1v) is 10.2. The number of carbonyl (C=O) groups is 1. The molecule has 3 aromatic carbocycles. The van der Waals surface area contributed by atoms with Crippen LogP contribution in [0.25, 0.3) is 6.08 Å². The van der Waals surface area contributed by atoms with Gasteiger partial charge in [-0.3, -0.25) is 0 Å². The van der Waals surface area contributed by atoms with Crippen LogP contribution in [0.1, 0.15) is 23.6 Å². The number of halogens is 1. The summed E-state index contributed by atoms with van der Waals surface area (Å²) in [5.74, 6) is 1.09. The number of esters is 1. The summed E-state index contributed by atoms with van der Waals surface area (Å²) in [6, 6.07) is 22.3. The monoisotopic (exact) mass is 433 g/mol. The number of hydrogen-bond donors (Lipinski definition) is 0. The Kier molecular flexibility index (Phi) is 6.34. The van der Waals surface area contributed by atoms with E-state index < -0.39 is 5.97 Å². The molecule has 3 aromatic rings. The number of rotatable bonds is 7. The smallest absolute Gasteiger partial charge is 0.363 e. The van der Waals surface area contributed by atoms with Gasteiger partial charge in [-0.25, -0.2) is 9.79 Å². The molecule has 0 bridgehead atoms. The zero-order chi connectivity index (χ0) is 21.6. The average Bonchev–Trinajstić information content (AvgIpc) is 3.15. The second-order valence-electron chi connectivity index (χ2n) is 6.72. The van der Waals surface area contributed by atoms with Gasteiger partial charge in [0.15, 0.2) is 5.70 Å². The minimum atomic E-state index is -0.483. The Hall–Kier alpha value is -3.57. The van der Waals surface area contributed by atoms with Gasteiger partial charge >= 0.3 is 5.97 Å². The van der Waals surface area contributed by atoms with Crippen molar-refractivity contribution in [3.8, 4) is 11.5 Å². The number of para-hydroxylation sites is 1. The van der Waals surface area contributed by atoms with Crippen LogP contribution in [0.2, 0.25) is 5.02 Å². The van der Waals surface area contributed by atoms with Crippen molar-refractivity contribution >= 4 is 29.5 Å². The molecule has 1 heterocycles. The third-order valence-corrected chi connectivity index (χ3v) is 4.87. The van der Waals surface area contributed by atoms with Crippen LogP contribution >= 0.6 is 11.6 Å². The molecule has 5 nitrogen and oxygen atoms in total. The number of aliphatic imine (C=N–C) groups is 1. The maximum Gasteiger partial charge on any atom is 0.363 e. The maximum absolute atomic E-state index is 12.3. The standard InChI is InChI=1S/C25H20ClNO4/c1-2-29-23-15-17(12-13-19(23)16-30-22-11-7-6-10-20(22)26)14-21-25(28)31-24(27-21)18-8-4-3-5-9-18/h3-15H,2,16H2,1H3/b21-14+. The molecule has 0 saturated carbocycles. The SMILES string of the molecule is CCOc1cc(/C=C2/N=C(c3ccccc3)OC2=O)ccc1COc1ccccc1Cl. The summed E-state index contributed by atoms with van der Waals surface area (Å²) in [5.41, 5.74) is 2.63. The fourth-order valence-corrected chi connectivity index (χ4v) is 3.25. The zero-order valence-corrected chi connectivity index (χ0v) is 17.6. The lowest BCUT2D eigenvalue weighted by molar-refractivity contribution is -0.129. The molecule has 6 heteroatoms. The lowest BCUT2D eigenvalue weighted by atomic mass is 10.1. The van der Waals surface area contributed by atoms with Crippen molar-refractivity contribution in [3.05, 3.63) is 100 Å². The molecule has 0 saturated heterocycles. The predicted octanol–water partition coefficient (Wildman–Crippen LogP) is 5.66. The van der Waals surface area contributed by atoms with Crippen LogP contribution in [0.4, 0.5) is 0 Å². The number of ether oxygens (including phenoxy) is 3. The van der Waals surface area contributed by atoms with Gasteiger partial charge in [0.25, 0.3) is 0 Å². The Bertz CT molecular complexity index is 1160. The van der Waals surface area contributed by atoms with Crippen LogP contribution in [-0.2, 0) is 16.1 Å². The highest BCUT2D eigenvalue weighted by atomic mass is 35.5. The second kappa shape index (κ2) is 9.49. The van der Waals surface area contributed by atoms with E-state index in [9.17, 15) is 4.79 Å². The summed E-state index contributed by atoms with van der Waals surface area (Å²) >= 11 is 6.16. The highest BCUT2D eigenvalue weighted by molar-refractivity contribution is 6.32. The van der Waals surface area contributed by atoms with E-state index in [4.69, 9.17) is 25.8 Å². The maximum atomic E-state index is 12.3. The van der Waals surface area contributed by atoms with Gasteiger partial charge in [0.05, 0.1) is 11.6 Å². The topological polar surface area (TPSA) is 57.1 Å². The van der Waals surface area contributed by atoms with Crippen molar-refractivity contribution in [2.45, 2.75) is 13.5 Å². The van der Waals surface area contributed by atoms with Gasteiger partial charge in [-0.2, -0.15) is 0 Å². The molecule has 0 amide bonds. The summed E-state index contributed by atoms with van der Waals surface area (Å²) in [5, 5.41) is 0.550. The molecule has 0 spiro atoms. The van der Waals surface area contributed by atoms with Crippen LogP contribution in [-0.4, -0.2) is 18.5 Å². The van der Waals surface area contributed by atoms with Gasteiger partial charge in [-0.15, -0.1) is 0 Å². The van der Waals surface area contributed by atoms with Crippen LogP contribution in [0.3, 0.4) is 0 Å². The van der Waals surface area contributed by atoms with E-state index in [1.165, 1.54) is 0 Å². The van der Waals surface area contributed by atoms with Gasteiger partial charge in [0.1, 0.15) is 18.1 Å². The van der Waals surface area contributed by atoms with E-state index in [1.54, 1.807) is 12.1 Å². The summed E-state index contributed by atoms with van der Waals surface area (Å²) in [6.45, 7) is 2.71. The lowest BCUT2D eigenvalue weighted by Crippen LogP contribution is -2.05. The summed E-state index contributed by atoms with van der Waals surface area (Å²) in [7, 11) is 0. The molecule has 0 fully saturated rings. The van der Waals surface area contributed by atoms with Crippen molar-refractivity contribution in [2.75, 3.05) is 6.61 Å². The van der Waals surface area contributed by atoms with Crippen LogP contribution in [0.15, 0.2) is 83.5 Å². The first kappa shape index (κ1) is 20.7. The van der Waals surface area contributed by atoms with E-state index in [2.05, 4.69) is 4.99 Å². The normalized spacial score (nSPS) is 14.3. The van der Waals surface area contributed by atoms with Crippen molar-refractivity contribution in [1.82, 2.24) is 0 Å². The van der Waals surface area contributed by atoms with Gasteiger partial charge < -0.3 is 14.2 Å². The molecule has 0 unspecified atom stereocenters. The molecule has 4 rings (SSSR count). The Morgan fingerprint density at radius 1 is 0.968 bits per heavy atom. The zero-order valence-electron chi connectivity index (χ0n) is 16.9. The second-order valence-corrected chi connectivity index (χ2v) is 7.13. The quantitative estimate of drug-likeness (QED) is 0.356. The molecule has 0 aliphatic carbocycles. The molecule has 156 valence electrons. The van der Waals surface area contributed by atoms with Crippen molar-refractivity contribution < 1.29 is 19.0 Å². The van der Waals surface area contributed by atoms with Crippen molar-refractivity contribution in [2.24, 2.45) is 4.99 Å². The molecular weight excluding hydrogens is 414 g/mol. The van der Waals surface area contributed by atoms with E-state index in [0.29, 0.717) is 35.6 Å². The molecule has 0 atom stereocenters. The first-order chi connectivity index (χ1) is 15.1. The van der Waals surface area contributed by atoms with Crippen LogP contribution in [0, 0.1) is 0 Å². The van der Waals surface area contributed by atoms with Crippen molar-refractivity contribution in [1.29, 1.82) is 0 Å². The number of nitrogens with zero attached hydrogens (tertiary/aromatic N) is 1. The fourth-order valence-electron chi connectivity index (χ4n) is 3.06. The minimum Gasteiger partial charge on any atom is -0.493 e. The highest BCUT2D eigenvalue weighted by Gasteiger charge is 2.24. The van der Waals surface area contributed by atoms with Crippen LogP contribution < -0.4 is 9.47 Å². The van der Waals surface area contributed by atoms with E-state index in [-0.39, 0.29) is 5.70 Å². The minimum absolute atomic E-state index is 0.237. The molecule has 1 aliphatic rings. The van der Waals surface area contributed by atoms with Gasteiger partial charge in [-0.1, -0.05) is 54.1 Å². The first-order valence-electron chi connectivity index (χ1n) is 9.85. The largest absolute Gasteiger partial charge is 0.493 e. The third kappa shape index (κ3) is 4.95. The van der Waals surface area contributed by atoms with Crippen LogP contribution in [0.5, 0.6) is 11.5 Å². The Morgan fingerprint density at radius 2 is 1.74 bits per heavy atom. The highest BCUT2D eigenvalue weighted by Crippen LogP contribution is 2.28. The van der Waals surface area contributed by atoms with E-state index in [1.807, 2.05) is 73.7 Å². The van der Waals surface area contributed by atoms with E-state index in [0.717, 1.165) is 16.7 Å². The molecule has 0 N–H and O–H groups in total. The third-order valence-electron chi connectivity index (χ3n) is 4.56. The Labute approximate surface area is 185 Å². The molecule has 0 radical (unpaired) electrons. The van der Waals surface area contributed by atoms with Gasteiger partial charge in [0, 0.05) is 11.1 Å². The summed E-state index contributed by atoms with van der Waals surface area (Å²) in [6.07, 6.45) is 1.68. The van der Waals surface area contributed by atoms with Crippen molar-refractivity contribution in [3.63, 3.8) is 0 Å². The summed E-state index contributed by atoms with van der Waals surface area (Å²) < 4.78 is 16.9. The van der Waals surface area contributed by atoms with Gasteiger partial charge in [-0.05, 0) is 48.9 Å². The molecule has 1 aliphatic heterocycles. The lowest BCUT2D eigenvalue weighted by Gasteiger charge is -2.13. The Morgan fingerprint density at radius 3 is 2.52 bits per heavy atom. The fraction of sp³-hybridized carbons (Fsp3) is 0.120. The molecular formula is C25H20ClNO4. The summed E-state index contributed by atoms with van der Waals surface area (Å²) in [4.78, 5) is 16.6. The number of hydrogen-bond acceptors (Lipinski definition) is 5. The predicted molar refractivity (Wildman–Crippen MR) is 120 cm³/mol. The molecule has 0 aromatic heterocycles. The molecule has 31 heavy (non-hydrogen) atoms. The van der Waals surface area contributed by atoms with E-state index >= 15 is 0 Å². The number of benzene rings is 3.